The van der Waals surface area contributed by atoms with Gasteiger partial charge in [-0.1, -0.05) is 35.9 Å². The third-order valence-corrected chi connectivity index (χ3v) is 3.99. The monoisotopic (exact) mass is 527 g/mol. The van der Waals surface area contributed by atoms with Gasteiger partial charge in [-0.15, -0.1) is 71.8 Å². The van der Waals surface area contributed by atoms with Crippen LogP contribution in [0.5, 0.6) is 0 Å². The minimum absolute atomic E-state index is 0. The number of aliphatic imine (C=N–C) groups is 1. The first kappa shape index (κ1) is 18.9. The fraction of sp³-hybridized carbons (Fsp3) is 0. The van der Waals surface area contributed by atoms with Crippen LogP contribution in [0.1, 0.15) is 5.69 Å². The molecule has 0 aliphatic heterocycles. The van der Waals surface area contributed by atoms with Crippen molar-refractivity contribution < 1.29 is 21.1 Å². The molecule has 1 aromatic heterocycles. The van der Waals surface area contributed by atoms with Crippen LogP contribution in [0.3, 0.4) is 0 Å². The predicted molar refractivity (Wildman–Crippen MR) is 106 cm³/mol. The molecule has 0 atom stereocenters. The number of para-hydroxylation sites is 1. The summed E-state index contributed by atoms with van der Waals surface area (Å²) in [6.45, 7) is 0. The number of hydrogen-bond donors (Lipinski definition) is 0. The SMILES string of the molecule is [Pt+2].[c-]1ccccc1-c1cccc(C=Nc2ccccc2-c2[c-]cccc2)n1. The Kier molecular flexibility index (Phi) is 6.46. The molecule has 0 saturated heterocycles. The fourth-order valence-electron chi connectivity index (χ4n) is 2.74. The second-order valence-corrected chi connectivity index (χ2v) is 5.78. The maximum atomic E-state index is 4.67. The summed E-state index contributed by atoms with van der Waals surface area (Å²) in [6, 6.07) is 36.2. The van der Waals surface area contributed by atoms with Gasteiger partial charge in [0.25, 0.3) is 0 Å². The van der Waals surface area contributed by atoms with E-state index in [1.807, 2.05) is 84.9 Å². The van der Waals surface area contributed by atoms with Crippen molar-refractivity contribution in [2.45, 2.75) is 0 Å². The van der Waals surface area contributed by atoms with Crippen LogP contribution in [0.4, 0.5) is 5.69 Å². The molecule has 0 fully saturated rings. The van der Waals surface area contributed by atoms with Crippen LogP contribution in [0, 0.1) is 12.1 Å². The van der Waals surface area contributed by atoms with Crippen LogP contribution < -0.4 is 0 Å². The average molecular weight is 527 g/mol. The van der Waals surface area contributed by atoms with Gasteiger partial charge in [0.2, 0.25) is 0 Å². The van der Waals surface area contributed by atoms with E-state index >= 15 is 0 Å². The molecule has 0 aliphatic carbocycles. The minimum Gasteiger partial charge on any atom is -0.295 e. The number of benzene rings is 3. The molecule has 0 unspecified atom stereocenters. The zero-order valence-electron chi connectivity index (χ0n) is 14.4. The van der Waals surface area contributed by atoms with Crippen LogP contribution in [0.15, 0.2) is 96.0 Å². The second kappa shape index (κ2) is 9.21. The van der Waals surface area contributed by atoms with Gasteiger partial charge in [0.1, 0.15) is 0 Å². The van der Waals surface area contributed by atoms with Gasteiger partial charge < -0.3 is 0 Å². The van der Waals surface area contributed by atoms with Gasteiger partial charge in [-0.2, -0.15) is 0 Å². The molecule has 0 saturated carbocycles. The number of hydrogen-bond acceptors (Lipinski definition) is 2. The van der Waals surface area contributed by atoms with Gasteiger partial charge in [-0.05, 0) is 17.8 Å². The van der Waals surface area contributed by atoms with Crippen molar-refractivity contribution in [3.8, 4) is 22.4 Å². The van der Waals surface area contributed by atoms with E-state index in [1.54, 1.807) is 6.21 Å². The van der Waals surface area contributed by atoms with Crippen molar-refractivity contribution in [3.63, 3.8) is 0 Å². The molecule has 132 valence electrons. The summed E-state index contributed by atoms with van der Waals surface area (Å²) in [5, 5.41) is 0. The Morgan fingerprint density at radius 3 is 2.15 bits per heavy atom. The summed E-state index contributed by atoms with van der Waals surface area (Å²) in [4.78, 5) is 9.34. The van der Waals surface area contributed by atoms with E-state index in [0.717, 1.165) is 33.8 Å². The van der Waals surface area contributed by atoms with Crippen molar-refractivity contribution >= 4 is 11.9 Å². The Labute approximate surface area is 173 Å². The summed E-state index contributed by atoms with van der Waals surface area (Å²) in [6.07, 6.45) is 1.80. The normalized spacial score (nSPS) is 10.5. The predicted octanol–water partition coefficient (Wildman–Crippen LogP) is 5.76. The zero-order valence-corrected chi connectivity index (χ0v) is 16.7. The standard InChI is InChI=1S/C24H16N2.Pt/c1-3-10-19(11-4-1)22-15-7-8-16-24(22)25-18-21-14-9-17-23(26-21)20-12-5-2-6-13-20;/h1-10,12,14-18H;/q-2;+2. The summed E-state index contributed by atoms with van der Waals surface area (Å²) in [7, 11) is 0. The van der Waals surface area contributed by atoms with Gasteiger partial charge in [0.05, 0.1) is 11.9 Å². The maximum Gasteiger partial charge on any atom is 2.00 e. The number of pyridine rings is 1. The molecule has 0 N–H and O–H groups in total. The first-order valence-electron chi connectivity index (χ1n) is 8.44. The molecule has 0 radical (unpaired) electrons. The Morgan fingerprint density at radius 1 is 0.704 bits per heavy atom. The van der Waals surface area contributed by atoms with Gasteiger partial charge in [0, 0.05) is 5.69 Å². The molecular weight excluding hydrogens is 511 g/mol. The zero-order chi connectivity index (χ0) is 17.6. The molecule has 0 aliphatic rings. The molecular formula is C24H16N2Pt. The maximum absolute atomic E-state index is 4.67. The number of aromatic nitrogens is 1. The average Bonchev–Trinajstić information content (AvgIpc) is 2.74. The van der Waals surface area contributed by atoms with Crippen LogP contribution in [-0.2, 0) is 21.1 Å². The molecule has 0 amide bonds. The molecule has 4 aromatic rings. The second-order valence-electron chi connectivity index (χ2n) is 5.78. The fourth-order valence-corrected chi connectivity index (χ4v) is 2.74. The summed E-state index contributed by atoms with van der Waals surface area (Å²) >= 11 is 0. The molecule has 0 bridgehead atoms. The first-order chi connectivity index (χ1) is 12.9. The van der Waals surface area contributed by atoms with Gasteiger partial charge >= 0.3 is 21.1 Å². The van der Waals surface area contributed by atoms with Crippen molar-refractivity contribution in [1.29, 1.82) is 0 Å². The van der Waals surface area contributed by atoms with Crippen LogP contribution >= 0.6 is 0 Å². The largest absolute Gasteiger partial charge is 2.00 e. The molecule has 2 nitrogen and oxygen atoms in total. The summed E-state index contributed by atoms with van der Waals surface area (Å²) in [5.74, 6) is 0. The Morgan fingerprint density at radius 2 is 1.41 bits per heavy atom. The van der Waals surface area contributed by atoms with Gasteiger partial charge in [-0.3, -0.25) is 9.98 Å². The Balaban J connectivity index is 0.00000210. The van der Waals surface area contributed by atoms with E-state index in [0.29, 0.717) is 0 Å². The van der Waals surface area contributed by atoms with Crippen LogP contribution in [0.2, 0.25) is 0 Å². The van der Waals surface area contributed by atoms with Crippen molar-refractivity contribution in [2.75, 3.05) is 0 Å². The third-order valence-electron chi connectivity index (χ3n) is 3.99. The molecule has 1 heterocycles. The topological polar surface area (TPSA) is 25.2 Å². The molecule has 0 spiro atoms. The number of nitrogens with zero attached hydrogens (tertiary/aromatic N) is 2. The van der Waals surface area contributed by atoms with Crippen LogP contribution in [0.25, 0.3) is 22.4 Å². The molecule has 4 rings (SSSR count). The van der Waals surface area contributed by atoms with E-state index in [-0.39, 0.29) is 21.1 Å². The molecule has 27 heavy (non-hydrogen) atoms. The summed E-state index contributed by atoms with van der Waals surface area (Å²) < 4.78 is 0. The van der Waals surface area contributed by atoms with E-state index < -0.39 is 0 Å². The van der Waals surface area contributed by atoms with E-state index in [9.17, 15) is 0 Å². The molecule has 3 heteroatoms. The van der Waals surface area contributed by atoms with E-state index in [1.165, 1.54) is 0 Å². The van der Waals surface area contributed by atoms with Gasteiger partial charge in [0.15, 0.2) is 0 Å². The molecule has 3 aromatic carbocycles. The minimum atomic E-state index is 0. The van der Waals surface area contributed by atoms with Crippen molar-refractivity contribution in [1.82, 2.24) is 4.98 Å². The van der Waals surface area contributed by atoms with Gasteiger partial charge in [-0.25, -0.2) is 0 Å². The Hall–Kier alpha value is -2.83. The van der Waals surface area contributed by atoms with Crippen molar-refractivity contribution in [3.05, 3.63) is 109 Å². The quantitative estimate of drug-likeness (QED) is 0.245. The third kappa shape index (κ3) is 4.67. The summed E-state index contributed by atoms with van der Waals surface area (Å²) in [5.41, 5.74) is 5.65. The van der Waals surface area contributed by atoms with E-state index in [4.69, 9.17) is 0 Å². The number of rotatable bonds is 4. The Bertz CT molecular complexity index is 1030. The van der Waals surface area contributed by atoms with Crippen molar-refractivity contribution in [2.24, 2.45) is 4.99 Å². The first-order valence-corrected chi connectivity index (χ1v) is 8.44. The van der Waals surface area contributed by atoms with Crippen LogP contribution in [-0.4, -0.2) is 11.2 Å². The van der Waals surface area contributed by atoms with E-state index in [2.05, 4.69) is 28.2 Å². The smallest absolute Gasteiger partial charge is 0.295 e.